The van der Waals surface area contributed by atoms with Crippen LogP contribution in [0.25, 0.3) is 0 Å². The van der Waals surface area contributed by atoms with Gasteiger partial charge in [0.25, 0.3) is 0 Å². The van der Waals surface area contributed by atoms with Crippen molar-refractivity contribution in [2.24, 2.45) is 0 Å². The summed E-state index contributed by atoms with van der Waals surface area (Å²) in [6, 6.07) is 1.13. The lowest BCUT2D eigenvalue weighted by atomic mass is 10.4. The first kappa shape index (κ1) is 5.68. The normalized spacial score (nSPS) is 9.33. The summed E-state index contributed by atoms with van der Waals surface area (Å²) >= 11 is 0. The van der Waals surface area contributed by atoms with Crippen molar-refractivity contribution in [1.82, 2.24) is 4.98 Å². The second kappa shape index (κ2) is 1.81. The molecule has 1 aromatic heterocycles. The molecule has 0 aromatic carbocycles. The van der Waals surface area contributed by atoms with E-state index >= 15 is 0 Å². The maximum Gasteiger partial charge on any atom is 0.166 e. The van der Waals surface area contributed by atoms with E-state index < -0.39 is 0 Å². The predicted molar refractivity (Wildman–Crippen MR) is 32.0 cm³/mol. The summed E-state index contributed by atoms with van der Waals surface area (Å²) in [6.07, 6.45) is 1.16. The van der Waals surface area contributed by atoms with E-state index in [-0.39, 0.29) is 17.3 Å². The molecule has 4 N–H and O–H groups in total. The fourth-order valence-corrected chi connectivity index (χ4v) is 0.453. The maximum atomic E-state index is 8.75. The molecule has 0 spiro atoms. The van der Waals surface area contributed by atoms with Gasteiger partial charge in [-0.15, -0.1) is 0 Å². The lowest BCUT2D eigenvalue weighted by Crippen LogP contribution is -1.88. The van der Waals surface area contributed by atoms with Gasteiger partial charge in [-0.05, 0) is 0 Å². The number of hydrogen-bond acceptors (Lipinski definition) is 4. The number of nitrogen functional groups attached to an aromatic ring is 1. The molecule has 4 nitrogen and oxygen atoms in total. The SMILES string of the molecule is Nc1ncc(O)cc1O. The molecule has 0 aliphatic carbocycles. The molecule has 4 heteroatoms. The average molecular weight is 126 g/mol. The number of nitrogens with zero attached hydrogens (tertiary/aromatic N) is 1. The number of nitrogens with two attached hydrogens (primary N) is 1. The summed E-state index contributed by atoms with van der Waals surface area (Å²) in [7, 11) is 0. The highest BCUT2D eigenvalue weighted by Gasteiger charge is 1.96. The number of aromatic hydroxyl groups is 2. The Bertz CT molecular complexity index is 224. The third-order valence-electron chi connectivity index (χ3n) is 0.883. The van der Waals surface area contributed by atoms with Crippen molar-refractivity contribution in [3.05, 3.63) is 12.3 Å². The van der Waals surface area contributed by atoms with Crippen molar-refractivity contribution in [3.63, 3.8) is 0 Å². The second-order valence-corrected chi connectivity index (χ2v) is 1.60. The van der Waals surface area contributed by atoms with E-state index in [2.05, 4.69) is 4.98 Å². The van der Waals surface area contributed by atoms with Gasteiger partial charge in [-0.1, -0.05) is 0 Å². The fraction of sp³-hybridized carbons (Fsp3) is 0. The molecule has 0 atom stereocenters. The minimum absolute atomic E-state index is 0.0211. The van der Waals surface area contributed by atoms with E-state index in [4.69, 9.17) is 15.9 Å². The quantitative estimate of drug-likeness (QED) is 0.459. The van der Waals surface area contributed by atoms with E-state index in [1.807, 2.05) is 0 Å². The van der Waals surface area contributed by atoms with Crippen LogP contribution < -0.4 is 5.73 Å². The number of anilines is 1. The number of aromatic nitrogens is 1. The van der Waals surface area contributed by atoms with Crippen LogP contribution in [0, 0.1) is 0 Å². The molecule has 9 heavy (non-hydrogen) atoms. The van der Waals surface area contributed by atoms with Gasteiger partial charge >= 0.3 is 0 Å². The first-order valence-electron chi connectivity index (χ1n) is 2.33. The summed E-state index contributed by atoms with van der Waals surface area (Å²) in [5.74, 6) is -0.274. The largest absolute Gasteiger partial charge is 0.506 e. The van der Waals surface area contributed by atoms with Gasteiger partial charge in [0.15, 0.2) is 11.6 Å². The molecule has 0 bridgehead atoms. The van der Waals surface area contributed by atoms with Gasteiger partial charge in [0.2, 0.25) is 0 Å². The van der Waals surface area contributed by atoms with Crippen LogP contribution in [0.1, 0.15) is 0 Å². The zero-order chi connectivity index (χ0) is 6.85. The van der Waals surface area contributed by atoms with Crippen molar-refractivity contribution >= 4 is 5.82 Å². The first-order chi connectivity index (χ1) is 4.20. The van der Waals surface area contributed by atoms with Gasteiger partial charge in [0.1, 0.15) is 5.75 Å². The van der Waals surface area contributed by atoms with Crippen LogP contribution in [0.5, 0.6) is 11.5 Å². The van der Waals surface area contributed by atoms with E-state index in [9.17, 15) is 0 Å². The van der Waals surface area contributed by atoms with Gasteiger partial charge in [-0.25, -0.2) is 4.98 Å². The second-order valence-electron chi connectivity index (χ2n) is 1.60. The Kier molecular flexibility index (Phi) is 1.14. The maximum absolute atomic E-state index is 8.75. The number of hydrogen-bond donors (Lipinski definition) is 3. The van der Waals surface area contributed by atoms with E-state index in [1.165, 1.54) is 0 Å². The zero-order valence-corrected chi connectivity index (χ0v) is 4.57. The van der Waals surface area contributed by atoms with Gasteiger partial charge in [0, 0.05) is 6.07 Å². The minimum atomic E-state index is -0.199. The molecule has 0 radical (unpaired) electrons. The number of rotatable bonds is 0. The van der Waals surface area contributed by atoms with Crippen LogP contribution >= 0.6 is 0 Å². The summed E-state index contributed by atoms with van der Waals surface area (Å²) in [5, 5.41) is 17.4. The highest BCUT2D eigenvalue weighted by atomic mass is 16.3. The van der Waals surface area contributed by atoms with Crippen molar-refractivity contribution in [2.75, 3.05) is 5.73 Å². The van der Waals surface area contributed by atoms with Crippen molar-refractivity contribution < 1.29 is 10.2 Å². The molecule has 0 aliphatic heterocycles. The van der Waals surface area contributed by atoms with Gasteiger partial charge in [-0.2, -0.15) is 0 Å². The van der Waals surface area contributed by atoms with Gasteiger partial charge in [0.05, 0.1) is 6.20 Å². The zero-order valence-electron chi connectivity index (χ0n) is 4.57. The highest BCUT2D eigenvalue weighted by Crippen LogP contribution is 2.20. The third kappa shape index (κ3) is 1.02. The van der Waals surface area contributed by atoms with Crippen LogP contribution in [0.15, 0.2) is 12.3 Å². The van der Waals surface area contributed by atoms with Crippen molar-refractivity contribution in [3.8, 4) is 11.5 Å². The molecule has 0 aliphatic rings. The van der Waals surface area contributed by atoms with Gasteiger partial charge in [-0.3, -0.25) is 0 Å². The predicted octanol–water partition coefficient (Wildman–Crippen LogP) is 0.0750. The molecule has 1 rings (SSSR count). The number of pyridine rings is 1. The molecule has 1 aromatic rings. The average Bonchev–Trinajstić information content (AvgIpc) is 1.80. The van der Waals surface area contributed by atoms with Crippen LogP contribution in [0.3, 0.4) is 0 Å². The van der Waals surface area contributed by atoms with Crippen molar-refractivity contribution in [1.29, 1.82) is 0 Å². The van der Waals surface area contributed by atoms with Crippen LogP contribution in [0.2, 0.25) is 0 Å². The lowest BCUT2D eigenvalue weighted by molar-refractivity contribution is 0.448. The Balaban J connectivity index is 3.17. The molecule has 0 fully saturated rings. The summed E-state index contributed by atoms with van der Waals surface area (Å²) < 4.78 is 0. The van der Waals surface area contributed by atoms with E-state index in [0.717, 1.165) is 12.3 Å². The fourth-order valence-electron chi connectivity index (χ4n) is 0.453. The third-order valence-corrected chi connectivity index (χ3v) is 0.883. The smallest absolute Gasteiger partial charge is 0.166 e. The van der Waals surface area contributed by atoms with Crippen LogP contribution in [-0.4, -0.2) is 15.2 Å². The molecular formula is C5H6N2O2. The van der Waals surface area contributed by atoms with Crippen LogP contribution in [0.4, 0.5) is 5.82 Å². The molecular weight excluding hydrogens is 120 g/mol. The Morgan fingerprint density at radius 3 is 2.56 bits per heavy atom. The molecule has 1 heterocycles. The van der Waals surface area contributed by atoms with E-state index in [0.29, 0.717) is 0 Å². The first-order valence-corrected chi connectivity index (χ1v) is 2.33. The Hall–Kier alpha value is -1.45. The van der Waals surface area contributed by atoms with Gasteiger partial charge < -0.3 is 15.9 Å². The minimum Gasteiger partial charge on any atom is -0.506 e. The molecule has 0 unspecified atom stereocenters. The Morgan fingerprint density at radius 1 is 1.44 bits per heavy atom. The standard InChI is InChI=1S/C5H6N2O2/c6-5-4(9)1-3(8)2-7-5/h1-2,8-9H,(H2,6,7). The van der Waals surface area contributed by atoms with E-state index in [1.54, 1.807) is 0 Å². The highest BCUT2D eigenvalue weighted by molar-refractivity contribution is 5.46. The Morgan fingerprint density at radius 2 is 2.11 bits per heavy atom. The summed E-state index contributed by atoms with van der Waals surface area (Å²) in [4.78, 5) is 3.46. The molecule has 0 saturated carbocycles. The molecule has 0 saturated heterocycles. The monoisotopic (exact) mass is 126 g/mol. The lowest BCUT2D eigenvalue weighted by Gasteiger charge is -1.95. The summed E-state index contributed by atoms with van der Waals surface area (Å²) in [5.41, 5.74) is 5.12. The summed E-state index contributed by atoms with van der Waals surface area (Å²) in [6.45, 7) is 0. The Labute approximate surface area is 51.6 Å². The van der Waals surface area contributed by atoms with Crippen molar-refractivity contribution in [2.45, 2.75) is 0 Å². The molecule has 48 valence electrons. The van der Waals surface area contributed by atoms with Crippen LogP contribution in [-0.2, 0) is 0 Å². The topological polar surface area (TPSA) is 79.4 Å². The molecule has 0 amide bonds.